The molecule has 0 saturated heterocycles. The topological polar surface area (TPSA) is 35.1 Å². The maximum absolute atomic E-state index is 11.1. The Balaban J connectivity index is 2.49. The number of aldehydes is 1. The molecule has 4 heteroatoms. The van der Waals surface area contributed by atoms with Crippen LogP contribution >= 0.6 is 0 Å². The van der Waals surface area contributed by atoms with Gasteiger partial charge in [0.1, 0.15) is 12.4 Å². The third kappa shape index (κ3) is 5.66. The molecule has 0 amide bonds. The Kier molecular flexibility index (Phi) is 7.51. The first-order chi connectivity index (χ1) is 9.31. The van der Waals surface area contributed by atoms with E-state index in [1.165, 1.54) is 0 Å². The second kappa shape index (κ2) is 9.28. The minimum Gasteiger partial charge on any atom is -0.329 e. The van der Waals surface area contributed by atoms with Crippen molar-refractivity contribution in [2.45, 2.75) is 39.5 Å². The molecule has 1 unspecified atom stereocenters. The van der Waals surface area contributed by atoms with Gasteiger partial charge >= 0.3 is 0 Å². The molecule has 0 radical (unpaired) electrons. The van der Waals surface area contributed by atoms with Crippen LogP contribution in [0.15, 0.2) is 43.0 Å². The summed E-state index contributed by atoms with van der Waals surface area (Å²) < 4.78 is 9.35. The second-order valence-electron chi connectivity index (χ2n) is 4.27. The van der Waals surface area contributed by atoms with Crippen LogP contribution in [0.25, 0.3) is 0 Å². The van der Waals surface area contributed by atoms with Crippen LogP contribution in [0.2, 0.25) is 0 Å². The molecular formula is C15H23N2O2+. The Morgan fingerprint density at radius 2 is 2.26 bits per heavy atom. The summed E-state index contributed by atoms with van der Waals surface area (Å²) in [4.78, 5) is 11.1. The quantitative estimate of drug-likeness (QED) is 0.389. The molecule has 1 aromatic rings. The molecule has 0 bridgehead atoms. The molecule has 0 aliphatic carbocycles. The van der Waals surface area contributed by atoms with Crippen LogP contribution in [0.5, 0.6) is 0 Å². The zero-order valence-corrected chi connectivity index (χ0v) is 11.7. The van der Waals surface area contributed by atoms with E-state index in [0.717, 1.165) is 25.7 Å². The summed E-state index contributed by atoms with van der Waals surface area (Å²) in [6.07, 6.45) is 15.9. The average Bonchev–Trinajstić information content (AvgIpc) is 2.89. The van der Waals surface area contributed by atoms with Gasteiger partial charge in [-0.05, 0) is 13.3 Å². The van der Waals surface area contributed by atoms with E-state index < -0.39 is 6.23 Å². The van der Waals surface area contributed by atoms with Crippen molar-refractivity contribution in [2.24, 2.45) is 0 Å². The summed E-state index contributed by atoms with van der Waals surface area (Å²) >= 11 is 0. The number of hydrogen-bond donors (Lipinski definition) is 0. The van der Waals surface area contributed by atoms with Crippen molar-refractivity contribution in [2.75, 3.05) is 6.61 Å². The lowest BCUT2D eigenvalue weighted by Crippen LogP contribution is -2.31. The van der Waals surface area contributed by atoms with Gasteiger partial charge in [-0.15, -0.1) is 0 Å². The maximum atomic E-state index is 11.1. The summed E-state index contributed by atoms with van der Waals surface area (Å²) in [7, 11) is 0. The zero-order chi connectivity index (χ0) is 13.9. The minimum absolute atomic E-state index is 0.418. The van der Waals surface area contributed by atoms with Gasteiger partial charge in [0.2, 0.25) is 6.33 Å². The first-order valence-electron chi connectivity index (χ1n) is 6.73. The summed E-state index contributed by atoms with van der Waals surface area (Å²) in [5.41, 5.74) is 0. The highest BCUT2D eigenvalue weighted by atomic mass is 16.5. The number of aromatic nitrogens is 2. The highest BCUT2D eigenvalue weighted by Crippen LogP contribution is 2.04. The number of hydrogen-bond acceptors (Lipinski definition) is 2. The number of carbonyl (C=O) groups excluding carboxylic acids is 1. The third-order valence-corrected chi connectivity index (χ3v) is 2.69. The van der Waals surface area contributed by atoms with E-state index in [4.69, 9.17) is 4.74 Å². The van der Waals surface area contributed by atoms with E-state index in [1.807, 2.05) is 49.9 Å². The Morgan fingerprint density at radius 3 is 2.95 bits per heavy atom. The van der Waals surface area contributed by atoms with E-state index in [1.54, 1.807) is 4.57 Å². The van der Waals surface area contributed by atoms with E-state index in [-0.39, 0.29) is 0 Å². The van der Waals surface area contributed by atoms with Crippen molar-refractivity contribution in [3.63, 3.8) is 0 Å². The lowest BCUT2D eigenvalue weighted by Gasteiger charge is -2.05. The number of carbonyl (C=O) groups is 1. The number of imidazole rings is 1. The Hall–Kier alpha value is -1.68. The van der Waals surface area contributed by atoms with Crippen molar-refractivity contribution in [1.29, 1.82) is 0 Å². The largest absolute Gasteiger partial charge is 0.329 e. The normalized spacial score (nSPS) is 13.4. The number of unbranched alkanes of at least 4 members (excludes halogenated alkanes) is 1. The summed E-state index contributed by atoms with van der Waals surface area (Å²) in [6.45, 7) is 5.50. The van der Waals surface area contributed by atoms with E-state index in [2.05, 4.69) is 11.5 Å². The molecule has 1 heterocycles. The lowest BCUT2D eigenvalue weighted by atomic mass is 10.3. The van der Waals surface area contributed by atoms with Crippen LogP contribution in [-0.4, -0.2) is 17.5 Å². The SMILES string of the molecule is CC=CC=CCOC(C=O)n1cc[n+](CCCC)c1. The van der Waals surface area contributed by atoms with E-state index in [9.17, 15) is 4.79 Å². The van der Waals surface area contributed by atoms with Crippen molar-refractivity contribution < 1.29 is 14.1 Å². The molecular weight excluding hydrogens is 240 g/mol. The molecule has 1 rings (SSSR count). The van der Waals surface area contributed by atoms with Gasteiger partial charge in [0.15, 0.2) is 6.29 Å². The van der Waals surface area contributed by atoms with Gasteiger partial charge in [-0.3, -0.25) is 4.79 Å². The van der Waals surface area contributed by atoms with Crippen molar-refractivity contribution >= 4 is 6.29 Å². The molecule has 0 aliphatic heterocycles. The number of aryl methyl sites for hydroxylation is 1. The molecule has 4 nitrogen and oxygen atoms in total. The predicted molar refractivity (Wildman–Crippen MR) is 74.5 cm³/mol. The fraction of sp³-hybridized carbons (Fsp3) is 0.467. The molecule has 0 N–H and O–H groups in total. The molecule has 0 saturated carbocycles. The molecule has 1 aromatic heterocycles. The van der Waals surface area contributed by atoms with Gasteiger partial charge in [0.05, 0.1) is 13.2 Å². The first kappa shape index (κ1) is 15.4. The Labute approximate surface area is 115 Å². The predicted octanol–water partition coefficient (Wildman–Crippen LogP) is 2.42. The number of allylic oxidation sites excluding steroid dienone is 3. The van der Waals surface area contributed by atoms with Gasteiger partial charge in [-0.1, -0.05) is 37.6 Å². The molecule has 0 spiro atoms. The monoisotopic (exact) mass is 263 g/mol. The average molecular weight is 263 g/mol. The molecule has 0 fully saturated rings. The smallest absolute Gasteiger partial charge is 0.259 e. The lowest BCUT2D eigenvalue weighted by molar-refractivity contribution is -0.697. The molecule has 0 aliphatic rings. The van der Waals surface area contributed by atoms with Gasteiger partial charge in [-0.25, -0.2) is 9.13 Å². The van der Waals surface area contributed by atoms with Crippen molar-refractivity contribution in [1.82, 2.24) is 4.57 Å². The van der Waals surface area contributed by atoms with E-state index in [0.29, 0.717) is 6.61 Å². The third-order valence-electron chi connectivity index (χ3n) is 2.69. The molecule has 0 aromatic carbocycles. The van der Waals surface area contributed by atoms with Crippen LogP contribution in [0.1, 0.15) is 32.9 Å². The second-order valence-corrected chi connectivity index (χ2v) is 4.27. The summed E-state index contributed by atoms with van der Waals surface area (Å²) in [5.74, 6) is 0. The molecule has 19 heavy (non-hydrogen) atoms. The number of ether oxygens (including phenoxy) is 1. The molecule has 1 atom stereocenters. The fourth-order valence-corrected chi connectivity index (χ4v) is 1.63. The number of rotatable bonds is 9. The van der Waals surface area contributed by atoms with Crippen LogP contribution in [0, 0.1) is 0 Å². The van der Waals surface area contributed by atoms with Crippen LogP contribution in [0.3, 0.4) is 0 Å². The zero-order valence-electron chi connectivity index (χ0n) is 11.7. The van der Waals surface area contributed by atoms with Gasteiger partial charge in [-0.2, -0.15) is 0 Å². The standard InChI is InChI=1S/C15H23N2O2/c1-3-5-7-8-12-19-15(13-18)17-11-10-16(14-17)9-6-4-2/h3,5,7-8,10-11,13-15H,4,6,9,12H2,1-2H3/q+1. The Bertz CT molecular complexity index is 422. The van der Waals surface area contributed by atoms with Crippen molar-refractivity contribution in [3.8, 4) is 0 Å². The summed E-state index contributed by atoms with van der Waals surface area (Å²) in [5, 5.41) is 0. The van der Waals surface area contributed by atoms with Crippen molar-refractivity contribution in [3.05, 3.63) is 43.0 Å². The van der Waals surface area contributed by atoms with Crippen LogP contribution < -0.4 is 4.57 Å². The van der Waals surface area contributed by atoms with Gasteiger partial charge < -0.3 is 4.74 Å². The maximum Gasteiger partial charge on any atom is 0.259 e. The highest BCUT2D eigenvalue weighted by Gasteiger charge is 2.15. The van der Waals surface area contributed by atoms with Gasteiger partial charge in [0, 0.05) is 0 Å². The fourth-order valence-electron chi connectivity index (χ4n) is 1.63. The van der Waals surface area contributed by atoms with Gasteiger partial charge in [0.25, 0.3) is 6.23 Å². The minimum atomic E-state index is -0.557. The van der Waals surface area contributed by atoms with E-state index >= 15 is 0 Å². The Morgan fingerprint density at radius 1 is 1.42 bits per heavy atom. The highest BCUT2D eigenvalue weighted by molar-refractivity contribution is 5.53. The first-order valence-corrected chi connectivity index (χ1v) is 6.73. The summed E-state index contributed by atoms with van der Waals surface area (Å²) in [6, 6.07) is 0. The molecule has 104 valence electrons. The van der Waals surface area contributed by atoms with Crippen LogP contribution in [0.4, 0.5) is 0 Å². The van der Waals surface area contributed by atoms with Crippen LogP contribution in [-0.2, 0) is 16.1 Å². The number of nitrogens with zero attached hydrogens (tertiary/aromatic N) is 2.